The highest BCUT2D eigenvalue weighted by Crippen LogP contribution is 2.31. The first-order valence-corrected chi connectivity index (χ1v) is 5.53. The van der Waals surface area contributed by atoms with Crippen LogP contribution < -0.4 is 10.1 Å². The molecule has 1 aromatic rings. The predicted octanol–water partition coefficient (Wildman–Crippen LogP) is 2.85. The molecule has 1 aromatic carbocycles. The molecule has 0 unspecified atom stereocenters. The second-order valence-electron chi connectivity index (χ2n) is 4.01. The molecule has 0 amide bonds. The fourth-order valence-corrected chi connectivity index (χ4v) is 1.78. The van der Waals surface area contributed by atoms with Crippen molar-refractivity contribution in [3.63, 3.8) is 0 Å². The highest BCUT2D eigenvalue weighted by molar-refractivity contribution is 5.30. The second-order valence-corrected chi connectivity index (χ2v) is 4.01. The molecule has 2 nitrogen and oxygen atoms in total. The van der Waals surface area contributed by atoms with Crippen LogP contribution in [0.15, 0.2) is 24.3 Å². The summed E-state index contributed by atoms with van der Waals surface area (Å²) in [6.07, 6.45) is -2.79. The van der Waals surface area contributed by atoms with Gasteiger partial charge in [0.25, 0.3) is 0 Å². The summed E-state index contributed by atoms with van der Waals surface area (Å²) in [4.78, 5) is 0. The van der Waals surface area contributed by atoms with Gasteiger partial charge < -0.3 is 4.74 Å². The molecule has 1 fully saturated rings. The van der Waals surface area contributed by atoms with Crippen LogP contribution in [0.1, 0.15) is 18.4 Å². The second kappa shape index (κ2) is 4.96. The maximum Gasteiger partial charge on any atom is 0.416 e. The SMILES string of the molecule is FC(F)(F)c1cccc(OC2CC[N]CC2)c1. The van der Waals surface area contributed by atoms with Crippen molar-refractivity contribution in [3.8, 4) is 5.75 Å². The van der Waals surface area contributed by atoms with Gasteiger partial charge in [-0.1, -0.05) is 6.07 Å². The van der Waals surface area contributed by atoms with Crippen LogP contribution in [-0.4, -0.2) is 19.2 Å². The maximum atomic E-state index is 12.5. The molecule has 0 N–H and O–H groups in total. The monoisotopic (exact) mass is 244 g/mol. The normalized spacial score (nSPS) is 18.1. The molecule has 1 radical (unpaired) electrons. The summed E-state index contributed by atoms with van der Waals surface area (Å²) >= 11 is 0. The van der Waals surface area contributed by atoms with Gasteiger partial charge in [0.2, 0.25) is 0 Å². The van der Waals surface area contributed by atoms with Crippen LogP contribution in [-0.2, 0) is 6.18 Å². The molecular formula is C12H13F3NO. The molecule has 17 heavy (non-hydrogen) atoms. The predicted molar refractivity (Wildman–Crippen MR) is 57.0 cm³/mol. The summed E-state index contributed by atoms with van der Waals surface area (Å²) in [5, 5.41) is 4.17. The van der Waals surface area contributed by atoms with Crippen molar-refractivity contribution in [2.45, 2.75) is 25.1 Å². The fraction of sp³-hybridized carbons (Fsp3) is 0.500. The van der Waals surface area contributed by atoms with Crippen molar-refractivity contribution in [2.75, 3.05) is 13.1 Å². The van der Waals surface area contributed by atoms with Crippen molar-refractivity contribution in [1.82, 2.24) is 5.32 Å². The summed E-state index contributed by atoms with van der Waals surface area (Å²) < 4.78 is 43.0. The third kappa shape index (κ3) is 3.36. The summed E-state index contributed by atoms with van der Waals surface area (Å²) in [6.45, 7) is 1.45. The van der Waals surface area contributed by atoms with Crippen molar-refractivity contribution in [2.24, 2.45) is 0 Å². The van der Waals surface area contributed by atoms with E-state index in [0.29, 0.717) is 0 Å². The minimum Gasteiger partial charge on any atom is -0.490 e. The van der Waals surface area contributed by atoms with E-state index in [2.05, 4.69) is 5.32 Å². The molecule has 0 bridgehead atoms. The quantitative estimate of drug-likeness (QED) is 0.784. The number of halogens is 3. The van der Waals surface area contributed by atoms with E-state index >= 15 is 0 Å². The van der Waals surface area contributed by atoms with Gasteiger partial charge >= 0.3 is 6.18 Å². The number of piperidine rings is 1. The fourth-order valence-electron chi connectivity index (χ4n) is 1.78. The van der Waals surface area contributed by atoms with E-state index in [4.69, 9.17) is 4.74 Å². The Kier molecular flexibility index (Phi) is 3.57. The van der Waals surface area contributed by atoms with E-state index in [-0.39, 0.29) is 11.9 Å². The smallest absolute Gasteiger partial charge is 0.416 e. The molecule has 0 spiro atoms. The number of hydrogen-bond acceptors (Lipinski definition) is 1. The van der Waals surface area contributed by atoms with Crippen LogP contribution in [0.3, 0.4) is 0 Å². The summed E-state index contributed by atoms with van der Waals surface area (Å²) in [7, 11) is 0. The molecule has 0 saturated carbocycles. The van der Waals surface area contributed by atoms with Crippen molar-refractivity contribution in [1.29, 1.82) is 0 Å². The van der Waals surface area contributed by atoms with E-state index in [1.165, 1.54) is 6.07 Å². The Bertz CT molecular complexity index is 372. The summed E-state index contributed by atoms with van der Waals surface area (Å²) in [5.74, 6) is 0.284. The molecule has 2 rings (SSSR count). The maximum absolute atomic E-state index is 12.5. The number of nitrogens with zero attached hydrogens (tertiary/aromatic N) is 1. The van der Waals surface area contributed by atoms with Gasteiger partial charge in [0, 0.05) is 13.1 Å². The van der Waals surface area contributed by atoms with Gasteiger partial charge in [-0.25, -0.2) is 5.32 Å². The van der Waals surface area contributed by atoms with Crippen LogP contribution in [0.5, 0.6) is 5.75 Å². The van der Waals surface area contributed by atoms with Crippen LogP contribution in [0.2, 0.25) is 0 Å². The largest absolute Gasteiger partial charge is 0.490 e. The molecule has 0 aromatic heterocycles. The zero-order valence-corrected chi connectivity index (χ0v) is 9.20. The standard InChI is InChI=1S/C12H13F3NO/c13-12(14,15)9-2-1-3-11(8-9)17-10-4-6-16-7-5-10/h1-3,8,10H,4-7H2. The number of alkyl halides is 3. The third-order valence-electron chi connectivity index (χ3n) is 2.68. The number of hydrogen-bond donors (Lipinski definition) is 0. The first-order chi connectivity index (χ1) is 8.05. The van der Waals surface area contributed by atoms with E-state index < -0.39 is 11.7 Å². The lowest BCUT2D eigenvalue weighted by molar-refractivity contribution is -0.137. The van der Waals surface area contributed by atoms with Gasteiger partial charge in [-0.05, 0) is 31.0 Å². The third-order valence-corrected chi connectivity index (χ3v) is 2.68. The van der Waals surface area contributed by atoms with Crippen LogP contribution in [0, 0.1) is 0 Å². The van der Waals surface area contributed by atoms with Crippen LogP contribution in [0.4, 0.5) is 13.2 Å². The Labute approximate surface area is 97.8 Å². The molecule has 0 aliphatic carbocycles. The molecule has 1 aliphatic heterocycles. The zero-order valence-electron chi connectivity index (χ0n) is 9.20. The van der Waals surface area contributed by atoms with Crippen molar-refractivity contribution < 1.29 is 17.9 Å². The summed E-state index contributed by atoms with van der Waals surface area (Å²) in [5.41, 5.74) is -0.671. The molecule has 0 atom stereocenters. The first kappa shape index (κ1) is 12.2. The average Bonchev–Trinajstić information content (AvgIpc) is 2.29. The highest BCUT2D eigenvalue weighted by atomic mass is 19.4. The zero-order chi connectivity index (χ0) is 12.3. The minimum atomic E-state index is -4.32. The minimum absolute atomic E-state index is 0.0176. The number of ether oxygens (including phenoxy) is 1. The topological polar surface area (TPSA) is 23.3 Å². The molecular weight excluding hydrogens is 231 g/mol. The Morgan fingerprint density at radius 3 is 2.53 bits per heavy atom. The van der Waals surface area contributed by atoms with E-state index in [1.54, 1.807) is 6.07 Å². The van der Waals surface area contributed by atoms with E-state index in [9.17, 15) is 13.2 Å². The van der Waals surface area contributed by atoms with Crippen LogP contribution >= 0.6 is 0 Å². The van der Waals surface area contributed by atoms with Gasteiger partial charge in [0.1, 0.15) is 11.9 Å². The van der Waals surface area contributed by atoms with Gasteiger partial charge in [0.05, 0.1) is 5.56 Å². The van der Waals surface area contributed by atoms with Gasteiger partial charge in [-0.15, -0.1) is 0 Å². The summed E-state index contributed by atoms with van der Waals surface area (Å²) in [6, 6.07) is 5.02. The van der Waals surface area contributed by atoms with Crippen molar-refractivity contribution >= 4 is 0 Å². The van der Waals surface area contributed by atoms with Gasteiger partial charge in [-0.2, -0.15) is 13.2 Å². The highest BCUT2D eigenvalue weighted by Gasteiger charge is 2.30. The van der Waals surface area contributed by atoms with Gasteiger partial charge in [-0.3, -0.25) is 0 Å². The Morgan fingerprint density at radius 1 is 1.18 bits per heavy atom. The molecule has 5 heteroatoms. The lowest BCUT2D eigenvalue weighted by Gasteiger charge is -2.23. The lowest BCUT2D eigenvalue weighted by Crippen LogP contribution is -2.30. The van der Waals surface area contributed by atoms with Crippen LogP contribution in [0.25, 0.3) is 0 Å². The first-order valence-electron chi connectivity index (χ1n) is 5.53. The number of rotatable bonds is 2. The Morgan fingerprint density at radius 2 is 1.88 bits per heavy atom. The van der Waals surface area contributed by atoms with E-state index in [1.807, 2.05) is 0 Å². The lowest BCUT2D eigenvalue weighted by atomic mass is 10.1. The molecule has 93 valence electrons. The molecule has 1 heterocycles. The van der Waals surface area contributed by atoms with Crippen molar-refractivity contribution in [3.05, 3.63) is 29.8 Å². The molecule has 1 aliphatic rings. The van der Waals surface area contributed by atoms with E-state index in [0.717, 1.165) is 38.1 Å². The number of benzene rings is 1. The average molecular weight is 244 g/mol. The Balaban J connectivity index is 2.05. The Hall–Kier alpha value is -1.23. The van der Waals surface area contributed by atoms with Gasteiger partial charge in [0.15, 0.2) is 0 Å². The molecule has 1 saturated heterocycles.